The highest BCUT2D eigenvalue weighted by molar-refractivity contribution is 6.43. The number of primary amides is 1. The van der Waals surface area contributed by atoms with E-state index in [1.54, 1.807) is 6.07 Å². The maximum absolute atomic E-state index is 10.6. The Hall–Kier alpha value is -1.98. The highest BCUT2D eigenvalue weighted by atomic mass is 35.5. The maximum atomic E-state index is 10.6. The van der Waals surface area contributed by atoms with Crippen LogP contribution < -0.4 is 11.2 Å². The lowest BCUT2D eigenvalue weighted by Crippen LogP contribution is -2.24. The summed E-state index contributed by atoms with van der Waals surface area (Å²) in [5, 5.41) is 4.75. The van der Waals surface area contributed by atoms with E-state index in [2.05, 4.69) is 10.5 Å². The Morgan fingerprint density at radius 1 is 1.38 bits per heavy atom. The topological polar surface area (TPSA) is 72.4 Å². The quantitative estimate of drug-likeness (QED) is 0.659. The average molecular weight is 325 g/mol. The van der Waals surface area contributed by atoms with E-state index in [0.29, 0.717) is 10.0 Å². The molecular formula is C14H14Cl2N4O. The van der Waals surface area contributed by atoms with Crippen LogP contribution >= 0.6 is 23.2 Å². The van der Waals surface area contributed by atoms with Crippen molar-refractivity contribution >= 4 is 35.4 Å². The second-order valence-corrected chi connectivity index (χ2v) is 5.25. The molecule has 0 aliphatic heterocycles. The number of amides is 2. The van der Waals surface area contributed by atoms with Crippen molar-refractivity contribution in [1.29, 1.82) is 0 Å². The second-order valence-electron chi connectivity index (χ2n) is 4.47. The monoisotopic (exact) mass is 324 g/mol. The molecule has 0 saturated heterocycles. The molecule has 2 aromatic rings. The highest BCUT2D eigenvalue weighted by Gasteiger charge is 2.13. The van der Waals surface area contributed by atoms with Gasteiger partial charge in [-0.1, -0.05) is 29.3 Å². The number of hydrogen-bond acceptors (Lipinski definition) is 2. The van der Waals surface area contributed by atoms with E-state index in [4.69, 9.17) is 28.9 Å². The predicted molar refractivity (Wildman–Crippen MR) is 85.6 cm³/mol. The van der Waals surface area contributed by atoms with Crippen molar-refractivity contribution in [2.24, 2.45) is 10.8 Å². The smallest absolute Gasteiger partial charge is 0.332 e. The van der Waals surface area contributed by atoms with Gasteiger partial charge in [-0.2, -0.15) is 5.10 Å². The zero-order valence-corrected chi connectivity index (χ0v) is 13.0. The number of hydrogen-bond donors (Lipinski definition) is 2. The number of hydrazone groups is 1. The molecule has 0 bridgehead atoms. The summed E-state index contributed by atoms with van der Waals surface area (Å²) < 4.78 is 1.97. The molecule has 0 saturated carbocycles. The number of nitrogens with one attached hydrogen (secondary N) is 1. The molecule has 2 amide bonds. The third-order valence-electron chi connectivity index (χ3n) is 3.02. The number of halogens is 2. The molecule has 110 valence electrons. The number of nitrogens with zero attached hydrogens (tertiary/aromatic N) is 2. The van der Waals surface area contributed by atoms with Crippen molar-refractivity contribution in [3.63, 3.8) is 0 Å². The van der Waals surface area contributed by atoms with Crippen LogP contribution in [-0.2, 0) is 0 Å². The molecule has 5 nitrogen and oxygen atoms in total. The van der Waals surface area contributed by atoms with Crippen LogP contribution in [0.5, 0.6) is 0 Å². The minimum absolute atomic E-state index is 0.486. The van der Waals surface area contributed by atoms with Gasteiger partial charge in [0.25, 0.3) is 0 Å². The molecule has 0 aliphatic rings. The van der Waals surface area contributed by atoms with Gasteiger partial charge in [-0.15, -0.1) is 0 Å². The highest BCUT2D eigenvalue weighted by Crippen LogP contribution is 2.31. The van der Waals surface area contributed by atoms with Gasteiger partial charge in [-0.3, -0.25) is 0 Å². The zero-order chi connectivity index (χ0) is 15.6. The standard InChI is InChI=1S/C14H14Cl2N4O/c1-8-6-10(7-18-19-14(17)21)9(2)20(8)12-5-3-4-11(15)13(12)16/h3-7H,1-2H3,(H3,17,19,21)/b18-7-. The van der Waals surface area contributed by atoms with Crippen molar-refractivity contribution in [2.75, 3.05) is 0 Å². The third kappa shape index (κ3) is 3.20. The van der Waals surface area contributed by atoms with Gasteiger partial charge in [0.1, 0.15) is 0 Å². The Labute approximate surface area is 132 Å². The number of rotatable bonds is 3. The molecule has 0 radical (unpaired) electrons. The van der Waals surface area contributed by atoms with Gasteiger partial charge in [-0.25, -0.2) is 10.2 Å². The summed E-state index contributed by atoms with van der Waals surface area (Å²) in [7, 11) is 0. The Morgan fingerprint density at radius 2 is 2.10 bits per heavy atom. The fourth-order valence-electron chi connectivity index (χ4n) is 2.12. The summed E-state index contributed by atoms with van der Waals surface area (Å²) in [4.78, 5) is 10.6. The normalized spacial score (nSPS) is 11.0. The van der Waals surface area contributed by atoms with Gasteiger partial charge >= 0.3 is 6.03 Å². The van der Waals surface area contributed by atoms with E-state index in [1.807, 2.05) is 36.6 Å². The van der Waals surface area contributed by atoms with Crippen LogP contribution in [0.15, 0.2) is 29.4 Å². The Kier molecular flexibility index (Phi) is 4.55. The first-order valence-corrected chi connectivity index (χ1v) is 6.89. The van der Waals surface area contributed by atoms with Crippen LogP contribution in [0.25, 0.3) is 5.69 Å². The summed E-state index contributed by atoms with van der Waals surface area (Å²) in [6.07, 6.45) is 1.53. The van der Waals surface area contributed by atoms with E-state index in [-0.39, 0.29) is 0 Å². The summed E-state index contributed by atoms with van der Waals surface area (Å²) in [5.74, 6) is 0. The van der Waals surface area contributed by atoms with Gasteiger partial charge in [0.05, 0.1) is 21.9 Å². The van der Waals surface area contributed by atoms with Gasteiger partial charge in [0.15, 0.2) is 0 Å². The molecule has 0 fully saturated rings. The number of urea groups is 1. The Balaban J connectivity index is 2.47. The second kappa shape index (κ2) is 6.20. The van der Waals surface area contributed by atoms with Gasteiger partial charge < -0.3 is 10.3 Å². The van der Waals surface area contributed by atoms with Crippen molar-refractivity contribution in [3.8, 4) is 5.69 Å². The van der Waals surface area contributed by atoms with Crippen LogP contribution in [0.2, 0.25) is 10.0 Å². The van der Waals surface area contributed by atoms with Crippen molar-refractivity contribution < 1.29 is 4.79 Å². The van der Waals surface area contributed by atoms with Crippen molar-refractivity contribution in [2.45, 2.75) is 13.8 Å². The molecule has 7 heteroatoms. The van der Waals surface area contributed by atoms with Crippen LogP contribution in [0.4, 0.5) is 4.79 Å². The van der Waals surface area contributed by atoms with Crippen LogP contribution in [0.3, 0.4) is 0 Å². The van der Waals surface area contributed by atoms with Crippen LogP contribution in [0.1, 0.15) is 17.0 Å². The minimum Gasteiger partial charge on any atom is -0.350 e. The first-order valence-electron chi connectivity index (χ1n) is 6.13. The molecule has 21 heavy (non-hydrogen) atoms. The van der Waals surface area contributed by atoms with E-state index >= 15 is 0 Å². The third-order valence-corrected chi connectivity index (χ3v) is 3.83. The maximum Gasteiger partial charge on any atom is 0.332 e. The average Bonchev–Trinajstić information content (AvgIpc) is 2.68. The van der Waals surface area contributed by atoms with Crippen LogP contribution in [0, 0.1) is 13.8 Å². The summed E-state index contributed by atoms with van der Waals surface area (Å²) >= 11 is 12.3. The molecule has 0 unspecified atom stereocenters. The Bertz CT molecular complexity index is 722. The first-order chi connectivity index (χ1) is 9.91. The molecule has 0 atom stereocenters. The lowest BCUT2D eigenvalue weighted by Gasteiger charge is -2.12. The number of carbonyl (C=O) groups is 1. The number of benzene rings is 1. The fraction of sp³-hybridized carbons (Fsp3) is 0.143. The minimum atomic E-state index is -0.710. The zero-order valence-electron chi connectivity index (χ0n) is 11.5. The molecule has 1 heterocycles. The number of aryl methyl sites for hydroxylation is 1. The predicted octanol–water partition coefficient (Wildman–Crippen LogP) is 3.40. The SMILES string of the molecule is Cc1cc(/C=N\NC(N)=O)c(C)n1-c1cccc(Cl)c1Cl. The van der Waals surface area contributed by atoms with Gasteiger partial charge in [-0.05, 0) is 32.0 Å². The number of aromatic nitrogens is 1. The van der Waals surface area contributed by atoms with Crippen molar-refractivity contribution in [3.05, 3.63) is 51.3 Å². The summed E-state index contributed by atoms with van der Waals surface area (Å²) in [6, 6.07) is 6.68. The number of carbonyl (C=O) groups excluding carboxylic acids is 1. The van der Waals surface area contributed by atoms with E-state index in [9.17, 15) is 4.79 Å². The van der Waals surface area contributed by atoms with E-state index in [0.717, 1.165) is 22.6 Å². The summed E-state index contributed by atoms with van der Waals surface area (Å²) in [5.41, 5.74) is 10.6. The lowest BCUT2D eigenvalue weighted by molar-refractivity contribution is 0.249. The molecule has 3 N–H and O–H groups in total. The Morgan fingerprint density at radius 3 is 2.76 bits per heavy atom. The molecule has 0 spiro atoms. The molecular weight excluding hydrogens is 311 g/mol. The fourth-order valence-corrected chi connectivity index (χ4v) is 2.50. The van der Waals surface area contributed by atoms with E-state index in [1.165, 1.54) is 6.21 Å². The van der Waals surface area contributed by atoms with Gasteiger partial charge in [0.2, 0.25) is 0 Å². The largest absolute Gasteiger partial charge is 0.350 e. The van der Waals surface area contributed by atoms with Gasteiger partial charge in [0, 0.05) is 17.0 Å². The van der Waals surface area contributed by atoms with E-state index < -0.39 is 6.03 Å². The van der Waals surface area contributed by atoms with Crippen LogP contribution in [-0.4, -0.2) is 16.8 Å². The lowest BCUT2D eigenvalue weighted by atomic mass is 10.2. The molecule has 1 aromatic carbocycles. The first kappa shape index (κ1) is 15.4. The molecule has 2 rings (SSSR count). The summed E-state index contributed by atoms with van der Waals surface area (Å²) in [6.45, 7) is 3.87. The molecule has 1 aromatic heterocycles. The molecule has 0 aliphatic carbocycles. The van der Waals surface area contributed by atoms with Crippen molar-refractivity contribution in [1.82, 2.24) is 9.99 Å². The number of nitrogens with two attached hydrogens (primary N) is 1.